The van der Waals surface area contributed by atoms with Gasteiger partial charge in [0.05, 0.1) is 6.54 Å². The van der Waals surface area contributed by atoms with Gasteiger partial charge in [0.25, 0.3) is 0 Å². The van der Waals surface area contributed by atoms with Crippen molar-refractivity contribution in [3.63, 3.8) is 0 Å². The summed E-state index contributed by atoms with van der Waals surface area (Å²) in [7, 11) is 0. The average molecular weight is 319 g/mol. The van der Waals surface area contributed by atoms with Crippen LogP contribution in [0.3, 0.4) is 0 Å². The van der Waals surface area contributed by atoms with Crippen LogP contribution >= 0.6 is 31.9 Å². The summed E-state index contributed by atoms with van der Waals surface area (Å²) in [5, 5.41) is 0.929. The Morgan fingerprint density at radius 3 is 2.57 bits per heavy atom. The molecule has 0 aliphatic heterocycles. The zero-order valence-corrected chi connectivity index (χ0v) is 11.3. The summed E-state index contributed by atoms with van der Waals surface area (Å²) in [6.45, 7) is 2.89. The van der Waals surface area contributed by atoms with Gasteiger partial charge < -0.3 is 0 Å². The molecule has 0 bridgehead atoms. The van der Waals surface area contributed by atoms with Crippen LogP contribution in [0.25, 0.3) is 0 Å². The van der Waals surface area contributed by atoms with Crippen molar-refractivity contribution in [2.75, 3.05) is 11.9 Å². The van der Waals surface area contributed by atoms with Crippen LogP contribution in [0.2, 0.25) is 0 Å². The van der Waals surface area contributed by atoms with E-state index in [0.29, 0.717) is 4.83 Å². The number of hydrogen-bond donors (Lipinski definition) is 0. The Labute approximate surface area is 102 Å². The lowest BCUT2D eigenvalue weighted by Crippen LogP contribution is -2.03. The van der Waals surface area contributed by atoms with Crippen molar-refractivity contribution < 1.29 is 0 Å². The highest BCUT2D eigenvalue weighted by Gasteiger charge is 1.97. The van der Waals surface area contributed by atoms with Crippen LogP contribution in [0.4, 0.5) is 0 Å². The van der Waals surface area contributed by atoms with Gasteiger partial charge in [0.15, 0.2) is 0 Å². The maximum Gasteiger partial charge on any atom is 0.0523 e. The molecule has 1 unspecified atom stereocenters. The summed E-state index contributed by atoms with van der Waals surface area (Å²) in [6.07, 6.45) is 1.91. The quantitative estimate of drug-likeness (QED) is 0.594. The van der Waals surface area contributed by atoms with Crippen LogP contribution in [0.1, 0.15) is 11.1 Å². The largest absolute Gasteiger partial charge is 0.291 e. The van der Waals surface area contributed by atoms with Crippen molar-refractivity contribution in [1.82, 2.24) is 0 Å². The van der Waals surface area contributed by atoms with Crippen molar-refractivity contribution in [2.45, 2.75) is 11.8 Å². The van der Waals surface area contributed by atoms with E-state index < -0.39 is 0 Å². The molecule has 0 amide bonds. The van der Waals surface area contributed by atoms with E-state index in [9.17, 15) is 0 Å². The van der Waals surface area contributed by atoms with Crippen molar-refractivity contribution in [1.29, 1.82) is 0 Å². The van der Waals surface area contributed by atoms with Crippen molar-refractivity contribution in [2.24, 2.45) is 4.99 Å². The van der Waals surface area contributed by atoms with Crippen LogP contribution < -0.4 is 0 Å². The molecule has 0 aliphatic rings. The number of halogens is 2. The Morgan fingerprint density at radius 1 is 1.36 bits per heavy atom. The van der Waals surface area contributed by atoms with Gasteiger partial charge in [-0.2, -0.15) is 0 Å². The SMILES string of the molecule is Cc1ccc(C=NCC(Br)CBr)cc1. The molecule has 1 aromatic carbocycles. The Kier molecular flexibility index (Phi) is 5.41. The molecule has 0 spiro atoms. The van der Waals surface area contributed by atoms with E-state index >= 15 is 0 Å². The number of nitrogens with zero attached hydrogens (tertiary/aromatic N) is 1. The predicted octanol–water partition coefficient (Wildman–Crippen LogP) is 3.57. The normalized spacial score (nSPS) is 13.4. The third-order valence-corrected chi connectivity index (χ3v) is 4.05. The molecule has 0 heterocycles. The van der Waals surface area contributed by atoms with Gasteiger partial charge in [0.1, 0.15) is 0 Å². The van der Waals surface area contributed by atoms with Crippen molar-refractivity contribution in [3.8, 4) is 0 Å². The fraction of sp³-hybridized carbons (Fsp3) is 0.364. The Morgan fingerprint density at radius 2 is 2.00 bits per heavy atom. The van der Waals surface area contributed by atoms with Gasteiger partial charge in [0, 0.05) is 16.4 Å². The molecule has 14 heavy (non-hydrogen) atoms. The van der Waals surface area contributed by atoms with E-state index in [4.69, 9.17) is 0 Å². The molecule has 1 nitrogen and oxygen atoms in total. The summed E-state index contributed by atoms with van der Waals surface area (Å²) in [6, 6.07) is 8.35. The smallest absolute Gasteiger partial charge is 0.0523 e. The van der Waals surface area contributed by atoms with Crippen molar-refractivity contribution >= 4 is 38.1 Å². The minimum absolute atomic E-state index is 0.421. The molecule has 0 aromatic heterocycles. The van der Waals surface area contributed by atoms with E-state index in [1.165, 1.54) is 5.56 Å². The standard InChI is InChI=1S/C11H13Br2N/c1-9-2-4-10(5-3-9)7-14-8-11(13)6-12/h2-5,7,11H,6,8H2,1H3. The lowest BCUT2D eigenvalue weighted by atomic mass is 10.2. The van der Waals surface area contributed by atoms with E-state index in [-0.39, 0.29) is 0 Å². The van der Waals surface area contributed by atoms with Gasteiger partial charge >= 0.3 is 0 Å². The van der Waals surface area contributed by atoms with Crippen molar-refractivity contribution in [3.05, 3.63) is 35.4 Å². The molecule has 0 saturated carbocycles. The lowest BCUT2D eigenvalue weighted by molar-refractivity contribution is 0.989. The van der Waals surface area contributed by atoms with Gasteiger partial charge in [-0.1, -0.05) is 61.7 Å². The van der Waals surface area contributed by atoms with Gasteiger partial charge in [0.2, 0.25) is 0 Å². The van der Waals surface area contributed by atoms with Crippen LogP contribution in [0, 0.1) is 6.92 Å². The Bertz CT molecular complexity index is 293. The monoisotopic (exact) mass is 317 g/mol. The van der Waals surface area contributed by atoms with Gasteiger partial charge in [-0.05, 0) is 12.5 Å². The summed E-state index contributed by atoms with van der Waals surface area (Å²) >= 11 is 6.89. The molecule has 0 fully saturated rings. The summed E-state index contributed by atoms with van der Waals surface area (Å²) in [4.78, 5) is 4.76. The second-order valence-electron chi connectivity index (χ2n) is 3.16. The van der Waals surface area contributed by atoms with E-state index in [0.717, 1.165) is 17.4 Å². The zero-order chi connectivity index (χ0) is 10.4. The van der Waals surface area contributed by atoms with Gasteiger partial charge in [-0.15, -0.1) is 0 Å². The first-order valence-corrected chi connectivity index (χ1v) is 6.52. The van der Waals surface area contributed by atoms with Gasteiger partial charge in [-0.25, -0.2) is 0 Å². The summed E-state index contributed by atoms with van der Waals surface area (Å²) in [5.41, 5.74) is 2.44. The number of alkyl halides is 2. The molecular weight excluding hydrogens is 306 g/mol. The van der Waals surface area contributed by atoms with E-state index in [1.54, 1.807) is 0 Å². The highest BCUT2D eigenvalue weighted by Crippen LogP contribution is 2.04. The molecule has 0 N–H and O–H groups in total. The fourth-order valence-electron chi connectivity index (χ4n) is 0.974. The summed E-state index contributed by atoms with van der Waals surface area (Å²) in [5.74, 6) is 0. The first kappa shape index (κ1) is 11.9. The minimum Gasteiger partial charge on any atom is -0.291 e. The van der Waals surface area contributed by atoms with Gasteiger partial charge in [-0.3, -0.25) is 4.99 Å². The highest BCUT2D eigenvalue weighted by atomic mass is 79.9. The molecule has 76 valence electrons. The Hall–Kier alpha value is -0.150. The molecular formula is C11H13Br2N. The number of benzene rings is 1. The first-order chi connectivity index (χ1) is 6.72. The molecule has 1 aromatic rings. The maximum absolute atomic E-state index is 4.34. The average Bonchev–Trinajstić information content (AvgIpc) is 2.21. The predicted molar refractivity (Wildman–Crippen MR) is 70.1 cm³/mol. The number of aliphatic imine (C=N–C) groups is 1. The first-order valence-electron chi connectivity index (χ1n) is 4.49. The minimum atomic E-state index is 0.421. The molecule has 0 radical (unpaired) electrons. The molecule has 0 aliphatic carbocycles. The number of hydrogen-bond acceptors (Lipinski definition) is 1. The van der Waals surface area contributed by atoms with E-state index in [1.807, 2.05) is 6.21 Å². The lowest BCUT2D eigenvalue weighted by Gasteiger charge is -1.99. The third kappa shape index (κ3) is 4.38. The topological polar surface area (TPSA) is 12.4 Å². The van der Waals surface area contributed by atoms with Crippen LogP contribution in [-0.2, 0) is 0 Å². The van der Waals surface area contributed by atoms with E-state index in [2.05, 4.69) is 68.0 Å². The molecule has 1 atom stereocenters. The second-order valence-corrected chi connectivity index (χ2v) is 5.10. The van der Waals surface area contributed by atoms with Crippen LogP contribution in [-0.4, -0.2) is 22.9 Å². The number of rotatable bonds is 4. The highest BCUT2D eigenvalue weighted by molar-refractivity contribution is 9.12. The maximum atomic E-state index is 4.34. The zero-order valence-electron chi connectivity index (χ0n) is 8.08. The van der Waals surface area contributed by atoms with Crippen LogP contribution in [0.15, 0.2) is 29.3 Å². The fourth-order valence-corrected chi connectivity index (χ4v) is 1.35. The second kappa shape index (κ2) is 6.36. The third-order valence-electron chi connectivity index (χ3n) is 1.79. The summed E-state index contributed by atoms with van der Waals surface area (Å²) < 4.78 is 0. The Balaban J connectivity index is 2.48. The van der Waals surface area contributed by atoms with Crippen LogP contribution in [0.5, 0.6) is 0 Å². The molecule has 3 heteroatoms. The molecule has 0 saturated heterocycles. The molecule has 1 rings (SSSR count). The number of aryl methyl sites for hydroxylation is 1.